The molecule has 2 aromatic carbocycles. The number of fused-ring (bicyclic) bond motifs is 2. The first-order valence-corrected chi connectivity index (χ1v) is 14.9. The van der Waals surface area contributed by atoms with Crippen molar-refractivity contribution in [1.29, 1.82) is 0 Å². The Labute approximate surface area is 238 Å². The van der Waals surface area contributed by atoms with Gasteiger partial charge < -0.3 is 14.2 Å². The van der Waals surface area contributed by atoms with E-state index in [0.717, 1.165) is 56.2 Å². The Morgan fingerprint density at radius 2 is 1.83 bits per heavy atom. The summed E-state index contributed by atoms with van der Waals surface area (Å²) in [5, 5.41) is 0. The number of ketones is 1. The van der Waals surface area contributed by atoms with Crippen molar-refractivity contribution in [3.8, 4) is 11.5 Å². The second-order valence-corrected chi connectivity index (χ2v) is 13.7. The maximum Gasteiger partial charge on any atom is 0.416 e. The van der Waals surface area contributed by atoms with Crippen LogP contribution < -0.4 is 9.47 Å². The van der Waals surface area contributed by atoms with Crippen molar-refractivity contribution in [2.24, 2.45) is 16.7 Å². The summed E-state index contributed by atoms with van der Waals surface area (Å²) in [7, 11) is 3.35. The monoisotopic (exact) mass is 567 g/mol. The smallest absolute Gasteiger partial charge is 0.416 e. The summed E-state index contributed by atoms with van der Waals surface area (Å²) >= 11 is 0. The summed E-state index contributed by atoms with van der Waals surface area (Å²) in [6.45, 7) is 4.07. The van der Waals surface area contributed by atoms with Gasteiger partial charge in [0.25, 0.3) is 0 Å². The molecule has 4 bridgehead atoms. The second-order valence-electron chi connectivity index (χ2n) is 13.7. The van der Waals surface area contributed by atoms with Gasteiger partial charge in [-0.2, -0.15) is 13.2 Å². The number of nitrogens with zero attached hydrogens (tertiary/aromatic N) is 1. The molecule has 2 heterocycles. The topological polar surface area (TPSA) is 48.0 Å². The SMILES string of the molecule is COc1ccc2c3c1O[C@H]1[C@@]4(OC)CC[C@@]5(C[C@]4(C)C(=O)c4ccc(C(F)(F)F)cc4)[C@@H](C2)N(CC2CC2)CC[C@]315. The number of alkyl halides is 3. The predicted octanol–water partition coefficient (Wildman–Crippen LogP) is 6.21. The summed E-state index contributed by atoms with van der Waals surface area (Å²) in [5.74, 6) is 2.09. The summed E-state index contributed by atoms with van der Waals surface area (Å²) in [6, 6.07) is 9.19. The van der Waals surface area contributed by atoms with E-state index in [-0.39, 0.29) is 28.8 Å². The van der Waals surface area contributed by atoms with Gasteiger partial charge in [0.2, 0.25) is 0 Å². The molecule has 2 spiro atoms. The molecular formula is C33H36F3NO4. The minimum absolute atomic E-state index is 0.161. The summed E-state index contributed by atoms with van der Waals surface area (Å²) in [5.41, 5.74) is -0.328. The van der Waals surface area contributed by atoms with E-state index >= 15 is 0 Å². The quantitative estimate of drug-likeness (QED) is 0.389. The fourth-order valence-electron chi connectivity index (χ4n) is 10.4. The van der Waals surface area contributed by atoms with E-state index in [1.165, 1.54) is 36.1 Å². The molecule has 5 nitrogen and oxygen atoms in total. The van der Waals surface area contributed by atoms with Crippen LogP contribution in [0.3, 0.4) is 0 Å². The van der Waals surface area contributed by atoms with Crippen LogP contribution in [-0.2, 0) is 22.7 Å². The first-order valence-electron chi connectivity index (χ1n) is 14.9. The molecule has 218 valence electrons. The maximum absolute atomic E-state index is 14.6. The van der Waals surface area contributed by atoms with Gasteiger partial charge in [-0.15, -0.1) is 0 Å². The van der Waals surface area contributed by atoms with E-state index in [2.05, 4.69) is 11.0 Å². The Hall–Kier alpha value is -2.58. The van der Waals surface area contributed by atoms with Gasteiger partial charge in [-0.1, -0.05) is 18.2 Å². The van der Waals surface area contributed by atoms with E-state index < -0.39 is 22.8 Å². The second kappa shape index (κ2) is 8.07. The van der Waals surface area contributed by atoms with Crippen LogP contribution in [0.1, 0.15) is 72.5 Å². The number of halogens is 3. The average molecular weight is 568 g/mol. The lowest BCUT2D eigenvalue weighted by molar-refractivity contribution is -0.292. The molecule has 6 atom stereocenters. The third kappa shape index (κ3) is 2.98. The standard InChI is InChI=1S/C33H36F3NO4/c1-29(27(38)20-6-9-22(10-7-20)33(34,35)36)18-30-12-13-32(29,40-3)28-31(30)14-15-37(17-19-4-5-19)24(30)16-21-8-11-23(39-2)26(41-28)25(21)31/h6-11,19,24,28H,4-5,12-18H2,1-3H3/t24-,28-,29-,30-,31+,32+/m1/s1. The third-order valence-corrected chi connectivity index (χ3v) is 12.2. The highest BCUT2D eigenvalue weighted by molar-refractivity contribution is 6.02. The van der Waals surface area contributed by atoms with E-state index in [0.29, 0.717) is 24.2 Å². The summed E-state index contributed by atoms with van der Waals surface area (Å²) in [6.07, 6.45) is 1.77. The minimum Gasteiger partial charge on any atom is -0.493 e. The van der Waals surface area contributed by atoms with Crippen molar-refractivity contribution in [2.45, 2.75) is 81.2 Å². The lowest BCUT2D eigenvalue weighted by atomic mass is 9.31. The average Bonchev–Trinajstić information content (AvgIpc) is 3.70. The Balaban J connectivity index is 1.31. The van der Waals surface area contributed by atoms with Crippen LogP contribution in [0.2, 0.25) is 0 Å². The number of methoxy groups -OCH3 is 2. The van der Waals surface area contributed by atoms with E-state index in [4.69, 9.17) is 14.2 Å². The van der Waals surface area contributed by atoms with Crippen LogP contribution in [0, 0.1) is 16.7 Å². The van der Waals surface area contributed by atoms with Crippen molar-refractivity contribution in [2.75, 3.05) is 27.3 Å². The first-order chi connectivity index (χ1) is 19.5. The Kier molecular flexibility index (Phi) is 5.13. The minimum atomic E-state index is -4.46. The lowest BCUT2D eigenvalue weighted by Gasteiger charge is -2.76. The van der Waals surface area contributed by atoms with E-state index in [1.54, 1.807) is 14.2 Å². The molecule has 0 amide bonds. The number of piperidine rings is 1. The van der Waals surface area contributed by atoms with Gasteiger partial charge in [0.1, 0.15) is 11.7 Å². The fraction of sp³-hybridized carbons (Fsp3) is 0.606. The van der Waals surface area contributed by atoms with Gasteiger partial charge in [0.15, 0.2) is 17.3 Å². The van der Waals surface area contributed by atoms with Crippen molar-refractivity contribution in [3.63, 3.8) is 0 Å². The normalized spacial score (nSPS) is 38.4. The molecule has 8 heteroatoms. The molecule has 7 aliphatic rings. The molecule has 9 rings (SSSR count). The molecule has 0 N–H and O–H groups in total. The largest absolute Gasteiger partial charge is 0.493 e. The van der Waals surface area contributed by atoms with Crippen LogP contribution in [0.4, 0.5) is 13.2 Å². The molecule has 41 heavy (non-hydrogen) atoms. The predicted molar refractivity (Wildman–Crippen MR) is 145 cm³/mol. The van der Waals surface area contributed by atoms with Crippen LogP contribution in [0.15, 0.2) is 36.4 Å². The highest BCUT2D eigenvalue weighted by atomic mass is 19.4. The number of hydrogen-bond donors (Lipinski definition) is 0. The van der Waals surface area contributed by atoms with Crippen LogP contribution in [0.5, 0.6) is 11.5 Å². The number of hydrogen-bond acceptors (Lipinski definition) is 5. The molecule has 5 fully saturated rings. The van der Waals surface area contributed by atoms with Crippen LogP contribution in [0.25, 0.3) is 0 Å². The Bertz CT molecular complexity index is 1450. The summed E-state index contributed by atoms with van der Waals surface area (Å²) < 4.78 is 59.5. The number of carbonyl (C=O) groups excluding carboxylic acids is 1. The van der Waals surface area contributed by atoms with Gasteiger partial charge in [0.05, 0.1) is 18.1 Å². The van der Waals surface area contributed by atoms with Crippen molar-refractivity contribution in [1.82, 2.24) is 4.90 Å². The van der Waals surface area contributed by atoms with Gasteiger partial charge in [0, 0.05) is 41.7 Å². The zero-order chi connectivity index (χ0) is 28.6. The van der Waals surface area contributed by atoms with Gasteiger partial charge in [-0.05, 0) is 88.1 Å². The van der Waals surface area contributed by atoms with Gasteiger partial charge in [-0.25, -0.2) is 0 Å². The Morgan fingerprint density at radius 1 is 1.07 bits per heavy atom. The highest BCUT2D eigenvalue weighted by Crippen LogP contribution is 2.79. The van der Waals surface area contributed by atoms with Crippen molar-refractivity contribution >= 4 is 5.78 Å². The molecule has 2 aromatic rings. The molecule has 0 aromatic heterocycles. The molecule has 2 aliphatic heterocycles. The van der Waals surface area contributed by atoms with E-state index in [1.807, 2.05) is 13.0 Å². The molecule has 5 aliphatic carbocycles. The molecule has 0 unspecified atom stereocenters. The summed E-state index contributed by atoms with van der Waals surface area (Å²) in [4.78, 5) is 17.3. The number of benzene rings is 2. The number of Topliss-reactive ketones (excluding diaryl/α,β-unsaturated/α-hetero) is 1. The molecule has 4 saturated carbocycles. The fourth-order valence-corrected chi connectivity index (χ4v) is 10.4. The number of likely N-dealkylation sites (tertiary alicyclic amines) is 1. The molecule has 0 radical (unpaired) electrons. The zero-order valence-electron chi connectivity index (χ0n) is 23.8. The van der Waals surface area contributed by atoms with Gasteiger partial charge >= 0.3 is 6.18 Å². The zero-order valence-corrected chi connectivity index (χ0v) is 23.8. The maximum atomic E-state index is 14.6. The van der Waals surface area contributed by atoms with Crippen molar-refractivity contribution < 1.29 is 32.2 Å². The number of rotatable bonds is 6. The lowest BCUT2D eigenvalue weighted by Crippen LogP contribution is -2.84. The first kappa shape index (κ1) is 26.1. The highest BCUT2D eigenvalue weighted by Gasteiger charge is 2.84. The van der Waals surface area contributed by atoms with Crippen LogP contribution in [-0.4, -0.2) is 55.7 Å². The molecule has 1 saturated heterocycles. The Morgan fingerprint density at radius 3 is 2.49 bits per heavy atom. The van der Waals surface area contributed by atoms with Gasteiger partial charge in [-0.3, -0.25) is 9.69 Å². The third-order valence-electron chi connectivity index (χ3n) is 12.2. The van der Waals surface area contributed by atoms with Crippen LogP contribution >= 0.6 is 0 Å². The van der Waals surface area contributed by atoms with E-state index in [9.17, 15) is 18.0 Å². The number of ether oxygens (including phenoxy) is 3. The number of carbonyl (C=O) groups is 1. The van der Waals surface area contributed by atoms with Crippen molar-refractivity contribution in [3.05, 3.63) is 58.7 Å². The molecular weight excluding hydrogens is 531 g/mol.